The van der Waals surface area contributed by atoms with E-state index in [0.717, 1.165) is 46.1 Å². The highest BCUT2D eigenvalue weighted by Crippen LogP contribution is 2.51. The molecule has 0 spiro atoms. The van der Waals surface area contributed by atoms with E-state index in [1.807, 2.05) is 36.4 Å². The number of nitrogens with zero attached hydrogens (tertiary/aromatic N) is 3. The monoisotopic (exact) mass is 727 g/mol. The summed E-state index contributed by atoms with van der Waals surface area (Å²) in [6, 6.07) is 61.6. The fourth-order valence-corrected chi connectivity index (χ4v) is 10.0. The molecule has 4 nitrogen and oxygen atoms in total. The maximum atomic E-state index is 6.38. The number of aryl methyl sites for hydroxylation is 1. The van der Waals surface area contributed by atoms with Crippen molar-refractivity contribution in [2.45, 2.75) is 18.8 Å². The first kappa shape index (κ1) is 31.0. The lowest BCUT2D eigenvalue weighted by molar-refractivity contribution is 0.667. The minimum Gasteiger partial charge on any atom is -0.452 e. The quantitative estimate of drug-likeness (QED) is 0.182. The van der Waals surface area contributed by atoms with Gasteiger partial charge in [-0.05, 0) is 93.9 Å². The molecule has 0 amide bonds. The molecule has 0 bridgehead atoms. The average Bonchev–Trinajstić information content (AvgIpc) is 3.90. The van der Waals surface area contributed by atoms with Crippen molar-refractivity contribution < 1.29 is 4.42 Å². The Hall–Kier alpha value is -7.30. The van der Waals surface area contributed by atoms with Crippen molar-refractivity contribution in [2.24, 2.45) is 0 Å². The van der Waals surface area contributed by atoms with Crippen LogP contribution >= 0.6 is 0 Å². The summed E-state index contributed by atoms with van der Waals surface area (Å²) < 4.78 is 8.89. The average molecular weight is 728 g/mol. The Morgan fingerprint density at radius 2 is 1.25 bits per heavy atom. The van der Waals surface area contributed by atoms with E-state index < -0.39 is 0 Å². The summed E-state index contributed by atoms with van der Waals surface area (Å²) in [6.07, 6.45) is 1.98. The second kappa shape index (κ2) is 11.6. The molecule has 0 radical (unpaired) electrons. The lowest BCUT2D eigenvalue weighted by Gasteiger charge is -2.20. The molecule has 1 unspecified atom stereocenters. The van der Waals surface area contributed by atoms with Crippen molar-refractivity contribution in [3.05, 3.63) is 187 Å². The van der Waals surface area contributed by atoms with E-state index in [4.69, 9.17) is 14.4 Å². The van der Waals surface area contributed by atoms with E-state index in [9.17, 15) is 0 Å². The lowest BCUT2D eigenvalue weighted by Crippen LogP contribution is -2.03. The number of benzene rings is 8. The number of para-hydroxylation sites is 3. The molecule has 12 aromatic rings. The molecule has 4 aromatic heterocycles. The molecule has 266 valence electrons. The number of aromatic nitrogens is 3. The fourth-order valence-electron chi connectivity index (χ4n) is 10.0. The predicted octanol–water partition coefficient (Wildman–Crippen LogP) is 13.8. The van der Waals surface area contributed by atoms with Gasteiger partial charge in [-0.15, -0.1) is 0 Å². The Morgan fingerprint density at radius 3 is 2.07 bits per heavy atom. The summed E-state index contributed by atoms with van der Waals surface area (Å²) in [5.74, 6) is 0.898. The standard InChI is InChI=1S/C53H33N3O/c1-2-12-32(13-3-1)49-52-50(40-18-8-11-21-46(40)57-52)55-53(54-49)33-24-22-31(23-25-33)37-27-26-36-30-43-38-16-6-9-19-44(38)56-45-20-10-7-17-39(45)48(51(43)56)47(36)42-29-35-15-5-4-14-34(35)28-41(37)42/h1-25,28-30,37H,26-27H2. The zero-order valence-electron chi connectivity index (χ0n) is 30.9. The Morgan fingerprint density at radius 1 is 0.561 bits per heavy atom. The van der Waals surface area contributed by atoms with Gasteiger partial charge in [0.2, 0.25) is 0 Å². The van der Waals surface area contributed by atoms with Gasteiger partial charge < -0.3 is 8.82 Å². The summed E-state index contributed by atoms with van der Waals surface area (Å²) in [5, 5.41) is 8.89. The lowest BCUT2D eigenvalue weighted by atomic mass is 9.83. The summed E-state index contributed by atoms with van der Waals surface area (Å²) in [5.41, 5.74) is 15.9. The first-order valence-corrected chi connectivity index (χ1v) is 19.8. The minimum atomic E-state index is 0.203. The van der Waals surface area contributed by atoms with Crippen LogP contribution in [0.4, 0.5) is 0 Å². The maximum absolute atomic E-state index is 6.38. The van der Waals surface area contributed by atoms with Crippen molar-refractivity contribution in [2.75, 3.05) is 0 Å². The van der Waals surface area contributed by atoms with E-state index in [2.05, 4.69) is 138 Å². The van der Waals surface area contributed by atoms with Crippen molar-refractivity contribution >= 4 is 70.9 Å². The van der Waals surface area contributed by atoms with Gasteiger partial charge in [-0.25, -0.2) is 9.97 Å². The van der Waals surface area contributed by atoms with Gasteiger partial charge in [-0.2, -0.15) is 0 Å². The van der Waals surface area contributed by atoms with Crippen molar-refractivity contribution in [3.8, 4) is 33.8 Å². The van der Waals surface area contributed by atoms with Crippen LogP contribution in [0.5, 0.6) is 0 Å². The van der Waals surface area contributed by atoms with Gasteiger partial charge in [0.05, 0.1) is 16.6 Å². The van der Waals surface area contributed by atoms with Crippen LogP contribution in [0, 0.1) is 0 Å². The maximum Gasteiger partial charge on any atom is 0.180 e. The van der Waals surface area contributed by atoms with Crippen molar-refractivity contribution in [1.29, 1.82) is 0 Å². The van der Waals surface area contributed by atoms with Crippen LogP contribution < -0.4 is 0 Å². The first-order chi connectivity index (χ1) is 28.3. The molecule has 0 saturated heterocycles. The van der Waals surface area contributed by atoms with E-state index >= 15 is 0 Å². The molecule has 4 heterocycles. The topological polar surface area (TPSA) is 43.3 Å². The summed E-state index contributed by atoms with van der Waals surface area (Å²) >= 11 is 0. The molecule has 13 rings (SSSR count). The summed E-state index contributed by atoms with van der Waals surface area (Å²) in [7, 11) is 0. The Bertz CT molecular complexity index is 3580. The Kier molecular flexibility index (Phi) is 6.31. The third kappa shape index (κ3) is 4.38. The van der Waals surface area contributed by atoms with Crippen LogP contribution in [0.3, 0.4) is 0 Å². The van der Waals surface area contributed by atoms with Gasteiger partial charge in [0.1, 0.15) is 16.8 Å². The normalized spacial score (nSPS) is 14.4. The zero-order valence-corrected chi connectivity index (χ0v) is 30.9. The zero-order chi connectivity index (χ0) is 37.2. The first-order valence-electron chi connectivity index (χ1n) is 19.8. The van der Waals surface area contributed by atoms with Gasteiger partial charge in [0.15, 0.2) is 11.4 Å². The number of hydrogen-bond acceptors (Lipinski definition) is 3. The molecule has 1 aliphatic rings. The van der Waals surface area contributed by atoms with E-state index in [1.165, 1.54) is 76.7 Å². The summed E-state index contributed by atoms with van der Waals surface area (Å²) in [6.45, 7) is 0. The number of fused-ring (bicyclic) bond motifs is 14. The van der Waals surface area contributed by atoms with Crippen LogP contribution in [0.15, 0.2) is 174 Å². The number of furan rings is 1. The molecule has 1 aliphatic carbocycles. The second-order valence-corrected chi connectivity index (χ2v) is 15.6. The highest BCUT2D eigenvalue weighted by molar-refractivity contribution is 6.28. The summed E-state index contributed by atoms with van der Waals surface area (Å²) in [4.78, 5) is 10.3. The van der Waals surface area contributed by atoms with Gasteiger partial charge in [0.25, 0.3) is 0 Å². The molecule has 8 aromatic carbocycles. The number of rotatable bonds is 3. The Balaban J connectivity index is 1.01. The predicted molar refractivity (Wildman–Crippen MR) is 234 cm³/mol. The molecular weight excluding hydrogens is 695 g/mol. The van der Waals surface area contributed by atoms with E-state index in [-0.39, 0.29) is 5.92 Å². The number of hydrogen-bond donors (Lipinski definition) is 0. The van der Waals surface area contributed by atoms with Crippen LogP contribution in [-0.4, -0.2) is 14.4 Å². The molecule has 0 N–H and O–H groups in total. The molecular formula is C53H33N3O. The fraction of sp³-hybridized carbons (Fsp3) is 0.0566. The van der Waals surface area contributed by atoms with E-state index in [1.54, 1.807) is 0 Å². The van der Waals surface area contributed by atoms with Crippen molar-refractivity contribution in [1.82, 2.24) is 14.4 Å². The molecule has 0 aliphatic heterocycles. The van der Waals surface area contributed by atoms with Crippen molar-refractivity contribution in [3.63, 3.8) is 0 Å². The molecule has 1 atom stereocenters. The molecule has 57 heavy (non-hydrogen) atoms. The van der Waals surface area contributed by atoms with Crippen LogP contribution in [-0.2, 0) is 6.42 Å². The third-order valence-electron chi connectivity index (χ3n) is 12.6. The van der Waals surface area contributed by atoms with E-state index in [0.29, 0.717) is 11.4 Å². The SMILES string of the molecule is c1ccc(-c2nc(-c3ccc(C4CCc5cc6c7ccccc7n7c8ccccc8c(c5-c5cc8ccccc8cc54)c67)cc3)nc3c2oc2ccccc23)cc1. The molecule has 4 heteroatoms. The molecule has 0 fully saturated rings. The van der Waals surface area contributed by atoms with Gasteiger partial charge in [-0.3, -0.25) is 0 Å². The highest BCUT2D eigenvalue weighted by atomic mass is 16.3. The van der Waals surface area contributed by atoms with Crippen LogP contribution in [0.1, 0.15) is 29.0 Å². The largest absolute Gasteiger partial charge is 0.452 e. The Labute approximate surface area is 327 Å². The highest BCUT2D eigenvalue weighted by Gasteiger charge is 2.30. The van der Waals surface area contributed by atoms with Gasteiger partial charge in [-0.1, -0.05) is 127 Å². The smallest absolute Gasteiger partial charge is 0.180 e. The third-order valence-corrected chi connectivity index (χ3v) is 12.6. The van der Waals surface area contributed by atoms with Crippen LogP contribution in [0.2, 0.25) is 0 Å². The van der Waals surface area contributed by atoms with Gasteiger partial charge >= 0.3 is 0 Å². The van der Waals surface area contributed by atoms with Gasteiger partial charge in [0, 0.05) is 44.0 Å². The molecule has 0 saturated carbocycles. The minimum absolute atomic E-state index is 0.203. The second-order valence-electron chi connectivity index (χ2n) is 15.6. The van der Waals surface area contributed by atoms with Crippen LogP contribution in [0.25, 0.3) is 105 Å².